The number of aromatic nitrogens is 1. The SMILES string of the molecule is Cn1ccc2cccc(C(N)C(F)(F)F)c21. The summed E-state index contributed by atoms with van der Waals surface area (Å²) in [7, 11) is 1.70. The lowest BCUT2D eigenvalue weighted by atomic mass is 10.0. The molecule has 0 aliphatic rings. The van der Waals surface area contributed by atoms with Crippen molar-refractivity contribution >= 4 is 10.9 Å². The highest BCUT2D eigenvalue weighted by atomic mass is 19.4. The molecule has 2 rings (SSSR count). The Labute approximate surface area is 90.5 Å². The molecule has 2 nitrogen and oxygen atoms in total. The van der Waals surface area contributed by atoms with Gasteiger partial charge in [-0.3, -0.25) is 0 Å². The summed E-state index contributed by atoms with van der Waals surface area (Å²) in [6.45, 7) is 0. The molecule has 0 fully saturated rings. The molecule has 0 aliphatic heterocycles. The van der Waals surface area contributed by atoms with E-state index in [4.69, 9.17) is 5.73 Å². The summed E-state index contributed by atoms with van der Waals surface area (Å²) < 4.78 is 39.3. The molecule has 1 aromatic carbocycles. The van der Waals surface area contributed by atoms with Gasteiger partial charge in [0, 0.05) is 18.8 Å². The lowest BCUT2D eigenvalue weighted by Gasteiger charge is -2.17. The molecule has 16 heavy (non-hydrogen) atoms. The van der Waals surface area contributed by atoms with Crippen molar-refractivity contribution in [1.82, 2.24) is 4.57 Å². The molecule has 86 valence electrons. The third-order valence-corrected chi connectivity index (χ3v) is 2.62. The van der Waals surface area contributed by atoms with E-state index in [2.05, 4.69) is 0 Å². The smallest absolute Gasteiger partial charge is 0.350 e. The standard InChI is InChI=1S/C11H11F3N2/c1-16-6-5-7-3-2-4-8(9(7)16)10(15)11(12,13)14/h2-6,10H,15H2,1H3. The average molecular weight is 228 g/mol. The van der Waals surface area contributed by atoms with Crippen LogP contribution in [0.25, 0.3) is 10.9 Å². The highest BCUT2D eigenvalue weighted by molar-refractivity contribution is 5.83. The van der Waals surface area contributed by atoms with Gasteiger partial charge in [0.25, 0.3) is 0 Å². The Hall–Kier alpha value is -1.49. The Kier molecular flexibility index (Phi) is 2.42. The number of halogens is 3. The fourth-order valence-corrected chi connectivity index (χ4v) is 1.82. The molecule has 1 unspecified atom stereocenters. The second-order valence-electron chi connectivity index (χ2n) is 3.73. The van der Waals surface area contributed by atoms with Crippen molar-refractivity contribution in [2.45, 2.75) is 12.2 Å². The van der Waals surface area contributed by atoms with Crippen LogP contribution in [0.3, 0.4) is 0 Å². The zero-order chi connectivity index (χ0) is 11.9. The number of benzene rings is 1. The van der Waals surface area contributed by atoms with Gasteiger partial charge in [-0.25, -0.2) is 0 Å². The minimum Gasteiger partial charge on any atom is -0.350 e. The fraction of sp³-hybridized carbons (Fsp3) is 0.273. The van der Waals surface area contributed by atoms with Gasteiger partial charge in [-0.05, 0) is 11.5 Å². The zero-order valence-electron chi connectivity index (χ0n) is 8.62. The van der Waals surface area contributed by atoms with Gasteiger partial charge in [-0.15, -0.1) is 0 Å². The minimum atomic E-state index is -4.42. The summed E-state index contributed by atoms with van der Waals surface area (Å²) in [5, 5.41) is 0.764. The monoisotopic (exact) mass is 228 g/mol. The van der Waals surface area contributed by atoms with Crippen LogP contribution in [0, 0.1) is 0 Å². The number of fused-ring (bicyclic) bond motifs is 1. The second kappa shape index (κ2) is 3.52. The van der Waals surface area contributed by atoms with E-state index in [9.17, 15) is 13.2 Å². The van der Waals surface area contributed by atoms with Crippen LogP contribution in [0.15, 0.2) is 30.5 Å². The maximum absolute atomic E-state index is 12.6. The second-order valence-corrected chi connectivity index (χ2v) is 3.73. The number of rotatable bonds is 1. The number of alkyl halides is 3. The van der Waals surface area contributed by atoms with Gasteiger partial charge in [-0.2, -0.15) is 13.2 Å². The summed E-state index contributed by atoms with van der Waals surface area (Å²) in [6.07, 6.45) is -2.70. The van der Waals surface area contributed by atoms with Gasteiger partial charge in [-0.1, -0.05) is 18.2 Å². The largest absolute Gasteiger partial charge is 0.407 e. The average Bonchev–Trinajstić information content (AvgIpc) is 2.58. The van der Waals surface area contributed by atoms with E-state index < -0.39 is 12.2 Å². The zero-order valence-corrected chi connectivity index (χ0v) is 8.62. The van der Waals surface area contributed by atoms with Crippen molar-refractivity contribution in [2.75, 3.05) is 0 Å². The first kappa shape index (κ1) is 11.0. The highest BCUT2D eigenvalue weighted by Crippen LogP contribution is 2.34. The Bertz CT molecular complexity index is 513. The van der Waals surface area contributed by atoms with Gasteiger partial charge in [0.2, 0.25) is 0 Å². The topological polar surface area (TPSA) is 30.9 Å². The first-order valence-electron chi connectivity index (χ1n) is 4.77. The molecule has 0 spiro atoms. The van der Waals surface area contributed by atoms with E-state index in [1.54, 1.807) is 36.0 Å². The van der Waals surface area contributed by atoms with Crippen LogP contribution in [-0.4, -0.2) is 10.7 Å². The third kappa shape index (κ3) is 1.67. The van der Waals surface area contributed by atoms with Crippen molar-refractivity contribution in [3.8, 4) is 0 Å². The van der Waals surface area contributed by atoms with Crippen LogP contribution in [0.4, 0.5) is 13.2 Å². The van der Waals surface area contributed by atoms with Crippen molar-refractivity contribution in [3.63, 3.8) is 0 Å². The third-order valence-electron chi connectivity index (χ3n) is 2.62. The molecule has 0 amide bonds. The molecule has 1 atom stereocenters. The van der Waals surface area contributed by atoms with Crippen molar-refractivity contribution in [3.05, 3.63) is 36.0 Å². The summed E-state index contributed by atoms with van der Waals surface area (Å²) in [4.78, 5) is 0. The summed E-state index contributed by atoms with van der Waals surface area (Å²) in [5.41, 5.74) is 5.87. The molecule has 5 heteroatoms. The summed E-state index contributed by atoms with van der Waals surface area (Å²) in [6, 6.07) is 4.60. The molecule has 0 radical (unpaired) electrons. The van der Waals surface area contributed by atoms with Crippen LogP contribution in [-0.2, 0) is 7.05 Å². The molecule has 0 aliphatic carbocycles. The maximum Gasteiger partial charge on any atom is 0.407 e. The quantitative estimate of drug-likeness (QED) is 0.799. The number of nitrogens with two attached hydrogens (primary N) is 1. The van der Waals surface area contributed by atoms with Crippen LogP contribution in [0.5, 0.6) is 0 Å². The van der Waals surface area contributed by atoms with Crippen LogP contribution in [0.1, 0.15) is 11.6 Å². The highest BCUT2D eigenvalue weighted by Gasteiger charge is 2.38. The number of aryl methyl sites for hydroxylation is 1. The minimum absolute atomic E-state index is 0.109. The van der Waals surface area contributed by atoms with Gasteiger partial charge in [0.15, 0.2) is 0 Å². The fourth-order valence-electron chi connectivity index (χ4n) is 1.82. The summed E-state index contributed by atoms with van der Waals surface area (Å²) >= 11 is 0. The number of hydrogen-bond acceptors (Lipinski definition) is 1. The molecule has 0 saturated heterocycles. The Balaban J connectivity index is 2.64. The first-order chi connectivity index (χ1) is 7.41. The molecule has 0 bridgehead atoms. The van der Waals surface area contributed by atoms with Crippen LogP contribution >= 0.6 is 0 Å². The number of para-hydroxylation sites is 1. The van der Waals surface area contributed by atoms with Gasteiger partial charge in [0.1, 0.15) is 6.04 Å². The van der Waals surface area contributed by atoms with Gasteiger partial charge >= 0.3 is 6.18 Å². The Morgan fingerprint density at radius 1 is 1.25 bits per heavy atom. The molecular weight excluding hydrogens is 217 g/mol. The molecule has 0 saturated carbocycles. The molecule has 1 aromatic heterocycles. The van der Waals surface area contributed by atoms with Crippen molar-refractivity contribution < 1.29 is 13.2 Å². The lowest BCUT2D eigenvalue weighted by molar-refractivity contribution is -0.148. The number of nitrogens with zero attached hydrogens (tertiary/aromatic N) is 1. The van der Waals surface area contributed by atoms with E-state index in [0.29, 0.717) is 5.52 Å². The van der Waals surface area contributed by atoms with Crippen molar-refractivity contribution in [1.29, 1.82) is 0 Å². The van der Waals surface area contributed by atoms with Gasteiger partial charge in [0.05, 0.1) is 5.52 Å². The normalized spacial score (nSPS) is 14.3. The molecule has 2 N–H and O–H groups in total. The molecular formula is C11H11F3N2. The number of hydrogen-bond donors (Lipinski definition) is 1. The predicted octanol–water partition coefficient (Wildman–Crippen LogP) is 2.74. The molecule has 2 aromatic rings. The van der Waals surface area contributed by atoms with Crippen LogP contribution < -0.4 is 5.73 Å². The molecule has 1 heterocycles. The van der Waals surface area contributed by atoms with E-state index >= 15 is 0 Å². The van der Waals surface area contributed by atoms with E-state index in [0.717, 1.165) is 5.39 Å². The Morgan fingerprint density at radius 2 is 1.94 bits per heavy atom. The predicted molar refractivity (Wildman–Crippen MR) is 55.9 cm³/mol. The first-order valence-corrected chi connectivity index (χ1v) is 4.77. The Morgan fingerprint density at radius 3 is 2.56 bits per heavy atom. The van der Waals surface area contributed by atoms with E-state index in [1.165, 1.54) is 6.07 Å². The van der Waals surface area contributed by atoms with E-state index in [-0.39, 0.29) is 5.56 Å². The van der Waals surface area contributed by atoms with Crippen molar-refractivity contribution in [2.24, 2.45) is 12.8 Å². The van der Waals surface area contributed by atoms with Gasteiger partial charge < -0.3 is 10.3 Å². The van der Waals surface area contributed by atoms with E-state index in [1.807, 2.05) is 0 Å². The summed E-state index contributed by atoms with van der Waals surface area (Å²) in [5.74, 6) is 0. The van der Waals surface area contributed by atoms with Crippen LogP contribution in [0.2, 0.25) is 0 Å². The maximum atomic E-state index is 12.6. The lowest BCUT2D eigenvalue weighted by Crippen LogP contribution is -2.28.